The van der Waals surface area contributed by atoms with Gasteiger partial charge in [0.15, 0.2) is 0 Å². The van der Waals surface area contributed by atoms with Crippen molar-refractivity contribution < 1.29 is 19.4 Å². The first-order valence-electron chi connectivity index (χ1n) is 12.0. The quantitative estimate of drug-likeness (QED) is 0.306. The Balaban J connectivity index is 1.34. The number of carboxylic acid groups (broad SMARTS) is 1. The van der Waals surface area contributed by atoms with Crippen LogP contribution in [-0.2, 0) is 22.0 Å². The maximum Gasteiger partial charge on any atom is 0.413 e. The van der Waals surface area contributed by atoms with Crippen LogP contribution < -0.4 is 10.1 Å². The van der Waals surface area contributed by atoms with Gasteiger partial charge in [-0.3, -0.25) is 18.9 Å². The van der Waals surface area contributed by atoms with Crippen LogP contribution in [0.1, 0.15) is 37.0 Å². The molecule has 0 radical (unpaired) electrons. The van der Waals surface area contributed by atoms with Crippen molar-refractivity contribution in [1.82, 2.24) is 3.96 Å². The first kappa shape index (κ1) is 24.5. The van der Waals surface area contributed by atoms with Crippen molar-refractivity contribution in [3.8, 4) is 22.3 Å². The van der Waals surface area contributed by atoms with Gasteiger partial charge in [0, 0.05) is 7.05 Å². The highest BCUT2D eigenvalue weighted by Crippen LogP contribution is 2.48. The highest BCUT2D eigenvalue weighted by Gasteiger charge is 2.51. The standard InChI is InChI=1S/C29H26N2O5S/c1-18(19-6-4-3-5-7-19)36-28(35)30-25-24(26(32)37-31(25)2)22-10-8-20(9-11-22)21-12-14-23(15-13-21)29(16-17-29)27(33)34/h3-15,18H,16-17H2,1-2H3,(H,30,35)(H,33,34). The summed E-state index contributed by atoms with van der Waals surface area (Å²) in [5, 5.41) is 12.3. The second kappa shape index (κ2) is 9.71. The SMILES string of the molecule is CC(OC(=O)Nc1c(-c2ccc(-c3ccc(C4(C(=O)O)CC4)cc3)cc2)c(=O)sn1C)c1ccccc1. The Morgan fingerprint density at radius 1 is 0.946 bits per heavy atom. The number of rotatable bonds is 7. The molecule has 7 nitrogen and oxygen atoms in total. The molecule has 0 aliphatic heterocycles. The van der Waals surface area contributed by atoms with Crippen LogP contribution in [0.5, 0.6) is 0 Å². The molecule has 1 heterocycles. The summed E-state index contributed by atoms with van der Waals surface area (Å²) in [6.45, 7) is 1.79. The maximum atomic E-state index is 12.8. The van der Waals surface area contributed by atoms with Gasteiger partial charge < -0.3 is 9.84 Å². The van der Waals surface area contributed by atoms with E-state index in [1.165, 1.54) is 0 Å². The largest absolute Gasteiger partial charge is 0.481 e. The molecule has 5 rings (SSSR count). The van der Waals surface area contributed by atoms with Crippen LogP contribution in [0.4, 0.5) is 10.6 Å². The van der Waals surface area contributed by atoms with E-state index in [1.54, 1.807) is 17.9 Å². The van der Waals surface area contributed by atoms with Gasteiger partial charge in [0.1, 0.15) is 11.9 Å². The smallest absolute Gasteiger partial charge is 0.413 e. The zero-order valence-electron chi connectivity index (χ0n) is 20.4. The Morgan fingerprint density at radius 3 is 2.08 bits per heavy atom. The van der Waals surface area contributed by atoms with Crippen molar-refractivity contribution in [1.29, 1.82) is 0 Å². The van der Waals surface area contributed by atoms with E-state index in [1.807, 2.05) is 78.9 Å². The Kier molecular flexibility index (Phi) is 6.43. The number of hydrogen-bond acceptors (Lipinski definition) is 5. The second-order valence-corrected chi connectivity index (χ2v) is 10.3. The molecule has 1 atom stereocenters. The summed E-state index contributed by atoms with van der Waals surface area (Å²) in [6.07, 6.45) is 0.246. The van der Waals surface area contributed by atoms with E-state index < -0.39 is 23.6 Å². The third kappa shape index (κ3) is 4.80. The molecule has 1 saturated carbocycles. The first-order valence-corrected chi connectivity index (χ1v) is 12.7. The minimum atomic E-state index is -0.773. The van der Waals surface area contributed by atoms with Crippen LogP contribution in [-0.4, -0.2) is 21.1 Å². The number of benzene rings is 3. The monoisotopic (exact) mass is 514 g/mol. The van der Waals surface area contributed by atoms with Crippen molar-refractivity contribution in [2.24, 2.45) is 7.05 Å². The summed E-state index contributed by atoms with van der Waals surface area (Å²) in [7, 11) is 1.71. The predicted molar refractivity (Wildman–Crippen MR) is 144 cm³/mol. The Morgan fingerprint density at radius 2 is 1.51 bits per heavy atom. The summed E-state index contributed by atoms with van der Waals surface area (Å²) >= 11 is 1.00. The van der Waals surface area contributed by atoms with Crippen LogP contribution in [0, 0.1) is 0 Å². The summed E-state index contributed by atoms with van der Waals surface area (Å²) < 4.78 is 6.98. The number of nitrogens with zero attached hydrogens (tertiary/aromatic N) is 1. The number of hydrogen-bond donors (Lipinski definition) is 2. The third-order valence-corrected chi connectivity index (χ3v) is 7.68. The zero-order valence-corrected chi connectivity index (χ0v) is 21.2. The summed E-state index contributed by atoms with van der Waals surface area (Å²) in [5.74, 6) is -0.398. The van der Waals surface area contributed by atoms with Gasteiger partial charge >= 0.3 is 12.1 Å². The second-order valence-electron chi connectivity index (χ2n) is 9.23. The Labute approximate surface area is 218 Å². The lowest BCUT2D eigenvalue weighted by Crippen LogP contribution is -2.19. The highest BCUT2D eigenvalue weighted by atomic mass is 32.1. The molecule has 4 aromatic rings. The van der Waals surface area contributed by atoms with Crippen LogP contribution >= 0.6 is 11.5 Å². The number of aromatic nitrogens is 1. The van der Waals surface area contributed by atoms with Crippen LogP contribution in [0.15, 0.2) is 83.7 Å². The minimum absolute atomic E-state index is 0.172. The number of ether oxygens (including phenoxy) is 1. The van der Waals surface area contributed by atoms with Crippen LogP contribution in [0.3, 0.4) is 0 Å². The molecule has 0 bridgehead atoms. The van der Waals surface area contributed by atoms with Crippen LogP contribution in [0.2, 0.25) is 0 Å². The van der Waals surface area contributed by atoms with Gasteiger partial charge in [-0.15, -0.1) is 0 Å². The lowest BCUT2D eigenvalue weighted by Gasteiger charge is -2.15. The zero-order chi connectivity index (χ0) is 26.2. The number of nitrogens with one attached hydrogen (secondary N) is 1. The summed E-state index contributed by atoms with van der Waals surface area (Å²) in [4.78, 5) is 37.0. The lowest BCUT2D eigenvalue weighted by molar-refractivity contribution is -0.140. The molecule has 8 heteroatoms. The van der Waals surface area contributed by atoms with E-state index in [0.29, 0.717) is 29.8 Å². The van der Waals surface area contributed by atoms with E-state index in [4.69, 9.17) is 4.74 Å². The molecular formula is C29H26N2O5S. The molecule has 1 fully saturated rings. The molecule has 2 N–H and O–H groups in total. The average molecular weight is 515 g/mol. The molecule has 0 saturated heterocycles. The molecule has 188 valence electrons. The number of anilines is 1. The van der Waals surface area contributed by atoms with Gasteiger partial charge in [-0.05, 0) is 59.1 Å². The number of aryl methyl sites for hydroxylation is 1. The highest BCUT2D eigenvalue weighted by molar-refractivity contribution is 7.04. The number of aliphatic carboxylic acids is 1. The van der Waals surface area contributed by atoms with Gasteiger partial charge in [0.05, 0.1) is 11.0 Å². The van der Waals surface area contributed by atoms with E-state index in [-0.39, 0.29) is 4.74 Å². The maximum absolute atomic E-state index is 12.8. The lowest BCUT2D eigenvalue weighted by atomic mass is 9.93. The van der Waals surface area contributed by atoms with Crippen LogP contribution in [0.25, 0.3) is 22.3 Å². The van der Waals surface area contributed by atoms with Crippen molar-refractivity contribution in [3.63, 3.8) is 0 Å². The van der Waals surface area contributed by atoms with Gasteiger partial charge in [0.2, 0.25) is 0 Å². The molecule has 3 aromatic carbocycles. The topological polar surface area (TPSA) is 97.6 Å². The van der Waals surface area contributed by atoms with E-state index in [9.17, 15) is 19.5 Å². The average Bonchev–Trinajstić information content (AvgIpc) is 3.67. The minimum Gasteiger partial charge on any atom is -0.481 e. The predicted octanol–water partition coefficient (Wildman–Crippen LogP) is 6.21. The number of carboxylic acids is 1. The Hall–Kier alpha value is -4.17. The molecule has 1 aliphatic rings. The van der Waals surface area contributed by atoms with Gasteiger partial charge in [-0.25, -0.2) is 4.79 Å². The van der Waals surface area contributed by atoms with Gasteiger partial charge in [-0.2, -0.15) is 0 Å². The van der Waals surface area contributed by atoms with Crippen molar-refractivity contribution in [2.45, 2.75) is 31.3 Å². The summed E-state index contributed by atoms with van der Waals surface area (Å²) in [5.41, 5.74) is 3.93. The van der Waals surface area contributed by atoms with Crippen molar-refractivity contribution in [3.05, 3.63) is 99.5 Å². The molecule has 1 amide bonds. The van der Waals surface area contributed by atoms with Crippen molar-refractivity contribution >= 4 is 29.4 Å². The fourth-order valence-corrected chi connectivity index (χ4v) is 5.29. The Bertz CT molecular complexity index is 1500. The third-order valence-electron chi connectivity index (χ3n) is 6.85. The molecule has 1 aromatic heterocycles. The molecular weight excluding hydrogens is 488 g/mol. The van der Waals surface area contributed by atoms with Gasteiger partial charge in [0.25, 0.3) is 4.74 Å². The summed E-state index contributed by atoms with van der Waals surface area (Å²) in [6, 6.07) is 24.5. The number of carbonyl (C=O) groups is 2. The molecule has 37 heavy (non-hydrogen) atoms. The van der Waals surface area contributed by atoms with E-state index in [0.717, 1.165) is 33.8 Å². The normalized spacial score (nSPS) is 14.5. The van der Waals surface area contributed by atoms with Gasteiger partial charge in [-0.1, -0.05) is 78.9 Å². The van der Waals surface area contributed by atoms with E-state index >= 15 is 0 Å². The molecule has 0 spiro atoms. The molecule has 1 unspecified atom stereocenters. The first-order chi connectivity index (χ1) is 17.8. The number of carbonyl (C=O) groups excluding carboxylic acids is 1. The van der Waals surface area contributed by atoms with E-state index in [2.05, 4.69) is 5.32 Å². The molecule has 1 aliphatic carbocycles. The fourth-order valence-electron chi connectivity index (χ4n) is 4.51. The fraction of sp³-hybridized carbons (Fsp3) is 0.207. The number of amides is 1. The van der Waals surface area contributed by atoms with Crippen molar-refractivity contribution in [2.75, 3.05) is 5.32 Å².